The van der Waals surface area contributed by atoms with Crippen molar-refractivity contribution in [2.24, 2.45) is 5.92 Å². The van der Waals surface area contributed by atoms with Crippen molar-refractivity contribution in [3.63, 3.8) is 0 Å². The second-order valence-electron chi connectivity index (χ2n) is 5.79. The number of hydrogen-bond donors (Lipinski definition) is 2. The van der Waals surface area contributed by atoms with E-state index >= 15 is 0 Å². The van der Waals surface area contributed by atoms with Gasteiger partial charge >= 0.3 is 5.97 Å². The fourth-order valence-electron chi connectivity index (χ4n) is 3.34. The van der Waals surface area contributed by atoms with Gasteiger partial charge in [-0.3, -0.25) is 9.69 Å². The van der Waals surface area contributed by atoms with Gasteiger partial charge in [0.05, 0.1) is 0 Å². The van der Waals surface area contributed by atoms with Gasteiger partial charge in [0.1, 0.15) is 6.04 Å². The summed E-state index contributed by atoms with van der Waals surface area (Å²) in [5.41, 5.74) is 3.48. The Kier molecular flexibility index (Phi) is 3.26. The number of hydrogen-bond acceptors (Lipinski definition) is 2. The van der Waals surface area contributed by atoms with E-state index in [4.69, 9.17) is 0 Å². The summed E-state index contributed by atoms with van der Waals surface area (Å²) in [6, 6.07) is 7.85. The van der Waals surface area contributed by atoms with Gasteiger partial charge in [-0.15, -0.1) is 0 Å². The number of nitrogens with one attached hydrogen (secondary N) is 1. The molecular formula is C16H20N2O2. The highest BCUT2D eigenvalue weighted by molar-refractivity contribution is 5.84. The minimum Gasteiger partial charge on any atom is -0.480 e. The highest BCUT2D eigenvalue weighted by atomic mass is 16.4. The summed E-state index contributed by atoms with van der Waals surface area (Å²) in [7, 11) is 0. The third-order valence-corrected chi connectivity index (χ3v) is 4.45. The molecule has 1 fully saturated rings. The van der Waals surface area contributed by atoms with Gasteiger partial charge in [-0.05, 0) is 37.4 Å². The lowest BCUT2D eigenvalue weighted by Gasteiger charge is -2.23. The molecule has 106 valence electrons. The average molecular weight is 272 g/mol. The maximum absolute atomic E-state index is 11.4. The molecule has 0 spiro atoms. The topological polar surface area (TPSA) is 56.3 Å². The molecule has 4 heteroatoms. The molecule has 0 aliphatic carbocycles. The first-order valence-corrected chi connectivity index (χ1v) is 7.11. The molecule has 20 heavy (non-hydrogen) atoms. The van der Waals surface area contributed by atoms with E-state index in [-0.39, 0.29) is 12.0 Å². The Labute approximate surface area is 118 Å². The smallest absolute Gasteiger partial charge is 0.321 e. The summed E-state index contributed by atoms with van der Waals surface area (Å²) in [4.78, 5) is 16.9. The van der Waals surface area contributed by atoms with Gasteiger partial charge in [0.2, 0.25) is 0 Å². The molecule has 0 radical (unpaired) electrons. The second-order valence-corrected chi connectivity index (χ2v) is 5.79. The number of carboxylic acids is 1. The fourth-order valence-corrected chi connectivity index (χ4v) is 3.34. The highest BCUT2D eigenvalue weighted by Crippen LogP contribution is 2.29. The molecule has 2 aromatic rings. The number of aromatic nitrogens is 1. The Morgan fingerprint density at radius 1 is 1.45 bits per heavy atom. The zero-order valence-electron chi connectivity index (χ0n) is 11.9. The highest BCUT2D eigenvalue weighted by Gasteiger charge is 2.36. The summed E-state index contributed by atoms with van der Waals surface area (Å²) in [6.45, 7) is 5.65. The lowest BCUT2D eigenvalue weighted by atomic mass is 10.0. The summed E-state index contributed by atoms with van der Waals surface area (Å²) in [6.07, 6.45) is 0.957. The number of nitrogens with zero attached hydrogens (tertiary/aromatic N) is 1. The number of likely N-dealkylation sites (tertiary alicyclic amines) is 1. The number of aromatic amines is 1. The third-order valence-electron chi connectivity index (χ3n) is 4.45. The van der Waals surface area contributed by atoms with Crippen LogP contribution in [0.4, 0.5) is 0 Å². The van der Waals surface area contributed by atoms with E-state index in [0.717, 1.165) is 24.2 Å². The summed E-state index contributed by atoms with van der Waals surface area (Å²) in [5.74, 6) is -0.481. The van der Waals surface area contributed by atoms with Crippen molar-refractivity contribution >= 4 is 16.9 Å². The first kappa shape index (κ1) is 13.2. The number of para-hydroxylation sites is 1. The summed E-state index contributed by atoms with van der Waals surface area (Å²) >= 11 is 0. The molecule has 1 aromatic carbocycles. The Balaban J connectivity index is 1.93. The van der Waals surface area contributed by atoms with Crippen LogP contribution in [0, 0.1) is 12.8 Å². The molecule has 1 saturated heterocycles. The van der Waals surface area contributed by atoms with Crippen molar-refractivity contribution < 1.29 is 9.90 Å². The minimum atomic E-state index is -0.701. The van der Waals surface area contributed by atoms with Crippen LogP contribution in [0.2, 0.25) is 0 Å². The molecule has 2 heterocycles. The van der Waals surface area contributed by atoms with Crippen LogP contribution in [-0.4, -0.2) is 33.5 Å². The van der Waals surface area contributed by atoms with Gasteiger partial charge in [-0.1, -0.05) is 25.1 Å². The van der Waals surface area contributed by atoms with Gasteiger partial charge in [0.15, 0.2) is 0 Å². The van der Waals surface area contributed by atoms with Crippen molar-refractivity contribution in [2.75, 3.05) is 6.54 Å². The molecule has 2 unspecified atom stereocenters. The van der Waals surface area contributed by atoms with E-state index in [9.17, 15) is 9.90 Å². The number of benzene rings is 1. The lowest BCUT2D eigenvalue weighted by Crippen LogP contribution is -2.38. The SMILES string of the molecule is Cc1[nH]c2ccccc2c1CN1CCC(C)C1C(=O)O. The number of rotatable bonds is 3. The normalized spacial score (nSPS) is 23.5. The zero-order chi connectivity index (χ0) is 14.3. The largest absolute Gasteiger partial charge is 0.480 e. The van der Waals surface area contributed by atoms with Gasteiger partial charge in [0.25, 0.3) is 0 Å². The number of fused-ring (bicyclic) bond motifs is 1. The number of aryl methyl sites for hydroxylation is 1. The number of carbonyl (C=O) groups is 1. The Morgan fingerprint density at radius 3 is 2.95 bits per heavy atom. The second kappa shape index (κ2) is 4.94. The van der Waals surface area contributed by atoms with Crippen LogP contribution in [0.15, 0.2) is 24.3 Å². The predicted molar refractivity (Wildman–Crippen MR) is 78.7 cm³/mol. The molecular weight excluding hydrogens is 252 g/mol. The van der Waals surface area contributed by atoms with Gasteiger partial charge in [-0.2, -0.15) is 0 Å². The maximum atomic E-state index is 11.4. The Hall–Kier alpha value is -1.81. The monoisotopic (exact) mass is 272 g/mol. The Bertz CT molecular complexity index is 647. The number of carboxylic acid groups (broad SMARTS) is 1. The minimum absolute atomic E-state index is 0.220. The van der Waals surface area contributed by atoms with Crippen LogP contribution in [0.25, 0.3) is 10.9 Å². The molecule has 2 N–H and O–H groups in total. The van der Waals surface area contributed by atoms with Crippen LogP contribution < -0.4 is 0 Å². The molecule has 2 atom stereocenters. The van der Waals surface area contributed by atoms with Gasteiger partial charge < -0.3 is 10.1 Å². The summed E-state index contributed by atoms with van der Waals surface area (Å²) < 4.78 is 0. The van der Waals surface area contributed by atoms with Crippen molar-refractivity contribution in [3.05, 3.63) is 35.5 Å². The number of H-pyrrole nitrogens is 1. The van der Waals surface area contributed by atoms with Crippen LogP contribution in [0.1, 0.15) is 24.6 Å². The third kappa shape index (κ3) is 2.10. The van der Waals surface area contributed by atoms with E-state index in [1.807, 2.05) is 19.1 Å². The standard InChI is InChI=1S/C16H20N2O2/c1-10-7-8-18(15(10)16(19)20)9-13-11(2)17-14-6-4-3-5-12(13)14/h3-6,10,15,17H,7-9H2,1-2H3,(H,19,20). The first-order chi connectivity index (χ1) is 9.58. The molecule has 0 saturated carbocycles. The molecule has 1 aliphatic heterocycles. The molecule has 1 aliphatic rings. The quantitative estimate of drug-likeness (QED) is 0.903. The number of aliphatic carboxylic acids is 1. The van der Waals surface area contributed by atoms with Gasteiger partial charge in [0, 0.05) is 23.1 Å². The van der Waals surface area contributed by atoms with Crippen LogP contribution in [-0.2, 0) is 11.3 Å². The molecule has 3 rings (SSSR count). The van der Waals surface area contributed by atoms with Crippen LogP contribution in [0.5, 0.6) is 0 Å². The zero-order valence-corrected chi connectivity index (χ0v) is 11.9. The molecule has 1 aromatic heterocycles. The van der Waals surface area contributed by atoms with Crippen molar-refractivity contribution in [1.29, 1.82) is 0 Å². The Morgan fingerprint density at radius 2 is 2.20 bits per heavy atom. The lowest BCUT2D eigenvalue weighted by molar-refractivity contribution is -0.143. The van der Waals surface area contributed by atoms with Crippen LogP contribution in [0.3, 0.4) is 0 Å². The van der Waals surface area contributed by atoms with E-state index in [2.05, 4.69) is 28.9 Å². The van der Waals surface area contributed by atoms with Gasteiger partial charge in [-0.25, -0.2) is 0 Å². The maximum Gasteiger partial charge on any atom is 0.321 e. The van der Waals surface area contributed by atoms with E-state index in [1.54, 1.807) is 0 Å². The van der Waals surface area contributed by atoms with Crippen molar-refractivity contribution in [2.45, 2.75) is 32.9 Å². The van der Waals surface area contributed by atoms with Crippen molar-refractivity contribution in [3.8, 4) is 0 Å². The molecule has 4 nitrogen and oxygen atoms in total. The summed E-state index contributed by atoms with van der Waals surface area (Å²) in [5, 5.41) is 10.6. The first-order valence-electron chi connectivity index (χ1n) is 7.11. The fraction of sp³-hybridized carbons (Fsp3) is 0.438. The van der Waals surface area contributed by atoms with E-state index < -0.39 is 5.97 Å². The van der Waals surface area contributed by atoms with Crippen molar-refractivity contribution in [1.82, 2.24) is 9.88 Å². The van der Waals surface area contributed by atoms with Crippen LogP contribution >= 0.6 is 0 Å². The molecule has 0 amide bonds. The molecule has 0 bridgehead atoms. The van der Waals surface area contributed by atoms with E-state index in [0.29, 0.717) is 6.54 Å². The predicted octanol–water partition coefficient (Wildman–Crippen LogP) is 2.77. The average Bonchev–Trinajstić information content (AvgIpc) is 2.92. The van der Waals surface area contributed by atoms with E-state index in [1.165, 1.54) is 10.9 Å².